The van der Waals surface area contributed by atoms with Crippen LogP contribution >= 0.6 is 0 Å². The molecule has 3 rings (SSSR count). The van der Waals surface area contributed by atoms with Crippen LogP contribution in [0, 0.1) is 5.92 Å². The van der Waals surface area contributed by atoms with Crippen LogP contribution in [0.5, 0.6) is 5.75 Å². The van der Waals surface area contributed by atoms with Crippen LogP contribution in [0.15, 0.2) is 48.8 Å². The highest BCUT2D eigenvalue weighted by atomic mass is 16.5. The van der Waals surface area contributed by atoms with Gasteiger partial charge < -0.3 is 9.64 Å². The van der Waals surface area contributed by atoms with Gasteiger partial charge in [0.25, 0.3) is 0 Å². The second-order valence-electron chi connectivity index (χ2n) is 5.35. The summed E-state index contributed by atoms with van der Waals surface area (Å²) in [4.78, 5) is 18.2. The Kier molecular flexibility index (Phi) is 3.86. The zero-order valence-electron chi connectivity index (χ0n) is 12.0. The Labute approximate surface area is 124 Å². The first-order chi connectivity index (χ1) is 10.3. The van der Waals surface area contributed by atoms with Crippen LogP contribution in [-0.4, -0.2) is 24.5 Å². The molecule has 0 N–H and O–H groups in total. The number of carbonyl (C=O) groups is 1. The van der Waals surface area contributed by atoms with E-state index in [0.717, 1.165) is 30.0 Å². The van der Waals surface area contributed by atoms with Crippen molar-refractivity contribution in [2.45, 2.75) is 12.8 Å². The Morgan fingerprint density at radius 3 is 2.86 bits per heavy atom. The van der Waals surface area contributed by atoms with Crippen LogP contribution in [-0.2, 0) is 11.2 Å². The summed E-state index contributed by atoms with van der Waals surface area (Å²) in [5, 5.41) is 0. The Morgan fingerprint density at radius 1 is 1.29 bits per heavy atom. The number of ether oxygens (including phenoxy) is 1. The number of anilines is 1. The Bertz CT molecular complexity index is 628. The maximum Gasteiger partial charge on any atom is 0.227 e. The van der Waals surface area contributed by atoms with Gasteiger partial charge in [0.2, 0.25) is 5.91 Å². The van der Waals surface area contributed by atoms with Crippen LogP contribution in [0.1, 0.15) is 12.0 Å². The molecule has 1 aromatic heterocycles. The van der Waals surface area contributed by atoms with Gasteiger partial charge in [-0.25, -0.2) is 0 Å². The molecule has 1 fully saturated rings. The molecule has 1 amide bonds. The second kappa shape index (κ2) is 5.95. The highest BCUT2D eigenvalue weighted by molar-refractivity contribution is 5.95. The van der Waals surface area contributed by atoms with Crippen LogP contribution < -0.4 is 9.64 Å². The number of benzene rings is 1. The molecule has 2 aromatic rings. The summed E-state index contributed by atoms with van der Waals surface area (Å²) in [7, 11) is 1.64. The van der Waals surface area contributed by atoms with E-state index in [1.54, 1.807) is 13.3 Å². The van der Waals surface area contributed by atoms with Gasteiger partial charge >= 0.3 is 0 Å². The van der Waals surface area contributed by atoms with Crippen LogP contribution in [0.4, 0.5) is 5.69 Å². The van der Waals surface area contributed by atoms with Crippen molar-refractivity contribution in [1.29, 1.82) is 0 Å². The molecule has 108 valence electrons. The third-order valence-electron chi connectivity index (χ3n) is 3.80. The SMILES string of the molecule is COc1cncc(C[C@H]2CC(=O)N(c3ccccc3)C2)c1. The highest BCUT2D eigenvalue weighted by Crippen LogP contribution is 2.27. The Morgan fingerprint density at radius 2 is 2.10 bits per heavy atom. The molecule has 4 nitrogen and oxygen atoms in total. The van der Waals surface area contributed by atoms with E-state index in [9.17, 15) is 4.79 Å². The van der Waals surface area contributed by atoms with Crippen LogP contribution in [0.3, 0.4) is 0 Å². The molecule has 1 aromatic carbocycles. The largest absolute Gasteiger partial charge is 0.495 e. The molecule has 1 atom stereocenters. The number of pyridine rings is 1. The molecule has 0 radical (unpaired) electrons. The normalized spacial score (nSPS) is 18.0. The molecule has 1 saturated heterocycles. The maximum atomic E-state index is 12.2. The van der Waals surface area contributed by atoms with Crippen molar-refractivity contribution < 1.29 is 9.53 Å². The van der Waals surface area contributed by atoms with Crippen LogP contribution in [0.2, 0.25) is 0 Å². The molecular weight excluding hydrogens is 264 g/mol. The first-order valence-corrected chi connectivity index (χ1v) is 7.09. The molecule has 0 aliphatic carbocycles. The van der Waals surface area contributed by atoms with Gasteiger partial charge in [-0.2, -0.15) is 0 Å². The fraction of sp³-hybridized carbons (Fsp3) is 0.294. The molecule has 0 saturated carbocycles. The molecule has 0 unspecified atom stereocenters. The molecule has 1 aliphatic heterocycles. The summed E-state index contributed by atoms with van der Waals surface area (Å²) in [5.74, 6) is 1.28. The highest BCUT2D eigenvalue weighted by Gasteiger charge is 2.30. The minimum Gasteiger partial charge on any atom is -0.495 e. The molecular formula is C17H18N2O2. The summed E-state index contributed by atoms with van der Waals surface area (Å²) >= 11 is 0. The number of rotatable bonds is 4. The van der Waals surface area contributed by atoms with E-state index in [2.05, 4.69) is 4.98 Å². The lowest BCUT2D eigenvalue weighted by molar-refractivity contribution is -0.117. The number of carbonyl (C=O) groups excluding carboxylic acids is 1. The van der Waals surface area contributed by atoms with Gasteiger partial charge in [-0.1, -0.05) is 18.2 Å². The number of nitrogens with zero attached hydrogens (tertiary/aromatic N) is 2. The van der Waals surface area contributed by atoms with Gasteiger partial charge in [-0.3, -0.25) is 9.78 Å². The topological polar surface area (TPSA) is 42.4 Å². The smallest absolute Gasteiger partial charge is 0.227 e. The monoisotopic (exact) mass is 282 g/mol. The van der Waals surface area contributed by atoms with E-state index in [0.29, 0.717) is 12.3 Å². The standard InChI is InChI=1S/C17H18N2O2/c1-21-16-8-13(10-18-11-16)7-14-9-17(20)19(12-14)15-5-3-2-4-6-15/h2-6,8,10-11,14H,7,9,12H2,1H3/t14-/m0/s1. The summed E-state index contributed by atoms with van der Waals surface area (Å²) in [6.07, 6.45) is 4.98. The predicted molar refractivity (Wildman–Crippen MR) is 81.4 cm³/mol. The van der Waals surface area contributed by atoms with Crippen molar-refractivity contribution in [3.8, 4) is 5.75 Å². The summed E-state index contributed by atoms with van der Waals surface area (Å²) in [6.45, 7) is 0.764. The average molecular weight is 282 g/mol. The summed E-state index contributed by atoms with van der Waals surface area (Å²) in [6, 6.07) is 11.8. The molecule has 0 bridgehead atoms. The molecule has 1 aliphatic rings. The van der Waals surface area contributed by atoms with E-state index < -0.39 is 0 Å². The number of hydrogen-bond acceptors (Lipinski definition) is 3. The third-order valence-corrected chi connectivity index (χ3v) is 3.80. The van der Waals surface area contributed by atoms with E-state index in [1.807, 2.05) is 47.5 Å². The van der Waals surface area contributed by atoms with E-state index in [1.165, 1.54) is 0 Å². The number of amides is 1. The van der Waals surface area contributed by atoms with Gasteiger partial charge in [0.05, 0.1) is 13.3 Å². The number of para-hydroxylation sites is 1. The van der Waals surface area contributed by atoms with Crippen molar-refractivity contribution in [1.82, 2.24) is 4.98 Å². The van der Waals surface area contributed by atoms with E-state index in [-0.39, 0.29) is 5.91 Å². The van der Waals surface area contributed by atoms with Gasteiger partial charge in [-0.15, -0.1) is 0 Å². The van der Waals surface area contributed by atoms with E-state index >= 15 is 0 Å². The fourth-order valence-electron chi connectivity index (χ4n) is 2.80. The summed E-state index contributed by atoms with van der Waals surface area (Å²) < 4.78 is 5.19. The van der Waals surface area contributed by atoms with Crippen molar-refractivity contribution in [2.24, 2.45) is 5.92 Å². The zero-order chi connectivity index (χ0) is 14.7. The fourth-order valence-corrected chi connectivity index (χ4v) is 2.80. The summed E-state index contributed by atoms with van der Waals surface area (Å²) in [5.41, 5.74) is 2.09. The van der Waals surface area contributed by atoms with Crippen molar-refractivity contribution in [3.63, 3.8) is 0 Å². The van der Waals surface area contributed by atoms with Crippen molar-refractivity contribution in [2.75, 3.05) is 18.6 Å². The van der Waals surface area contributed by atoms with Crippen LogP contribution in [0.25, 0.3) is 0 Å². The second-order valence-corrected chi connectivity index (χ2v) is 5.35. The minimum atomic E-state index is 0.196. The maximum absolute atomic E-state index is 12.2. The van der Waals surface area contributed by atoms with Gasteiger partial charge in [0, 0.05) is 24.8 Å². The molecule has 4 heteroatoms. The number of hydrogen-bond donors (Lipinski definition) is 0. The van der Waals surface area contributed by atoms with Gasteiger partial charge in [0.1, 0.15) is 5.75 Å². The van der Waals surface area contributed by atoms with Crippen molar-refractivity contribution >= 4 is 11.6 Å². The molecule has 0 spiro atoms. The van der Waals surface area contributed by atoms with E-state index in [4.69, 9.17) is 4.74 Å². The number of methoxy groups -OCH3 is 1. The lowest BCUT2D eigenvalue weighted by Gasteiger charge is -2.16. The lowest BCUT2D eigenvalue weighted by Crippen LogP contribution is -2.24. The quantitative estimate of drug-likeness (QED) is 0.866. The first-order valence-electron chi connectivity index (χ1n) is 7.09. The van der Waals surface area contributed by atoms with Crippen molar-refractivity contribution in [3.05, 3.63) is 54.4 Å². The first kappa shape index (κ1) is 13.6. The molecule has 21 heavy (non-hydrogen) atoms. The lowest BCUT2D eigenvalue weighted by atomic mass is 10.00. The average Bonchev–Trinajstić information content (AvgIpc) is 2.89. The Balaban J connectivity index is 1.70. The predicted octanol–water partition coefficient (Wildman–Crippen LogP) is 2.69. The third kappa shape index (κ3) is 3.05. The number of aromatic nitrogens is 1. The zero-order valence-corrected chi connectivity index (χ0v) is 12.0. The van der Waals surface area contributed by atoms with Gasteiger partial charge in [0.15, 0.2) is 0 Å². The Hall–Kier alpha value is -2.36. The molecule has 2 heterocycles. The minimum absolute atomic E-state index is 0.196. The van der Waals surface area contributed by atoms with Gasteiger partial charge in [-0.05, 0) is 36.1 Å².